The van der Waals surface area contributed by atoms with Crippen LogP contribution in [0.1, 0.15) is 48.7 Å². The Balaban J connectivity index is 1.42. The number of nitrogens with zero attached hydrogens (tertiary/aromatic N) is 1. The van der Waals surface area contributed by atoms with E-state index in [0.717, 1.165) is 36.1 Å². The predicted octanol–water partition coefficient (Wildman–Crippen LogP) is 4.77. The molecule has 164 valence electrons. The smallest absolute Gasteiger partial charge is 0.255 e. The van der Waals surface area contributed by atoms with Crippen LogP contribution in [0, 0.1) is 23.7 Å². The summed E-state index contributed by atoms with van der Waals surface area (Å²) in [6.07, 6.45) is 4.71. The van der Waals surface area contributed by atoms with Crippen molar-refractivity contribution in [3.05, 3.63) is 70.8 Å². The third kappa shape index (κ3) is 3.02. The van der Waals surface area contributed by atoms with E-state index in [0.29, 0.717) is 11.3 Å². The summed E-state index contributed by atoms with van der Waals surface area (Å²) in [5.41, 5.74) is 5.18. The molecule has 0 radical (unpaired) electrons. The molecule has 2 bridgehead atoms. The van der Waals surface area contributed by atoms with Crippen molar-refractivity contribution in [2.75, 3.05) is 10.2 Å². The molecule has 2 aromatic rings. The van der Waals surface area contributed by atoms with Gasteiger partial charge in [0, 0.05) is 11.3 Å². The number of fused-ring (bicyclic) bond motifs is 5. The van der Waals surface area contributed by atoms with Crippen LogP contribution < -0.4 is 10.2 Å². The molecule has 1 saturated heterocycles. The Labute approximate surface area is 188 Å². The number of carbonyl (C=O) groups excluding carboxylic acids is 3. The van der Waals surface area contributed by atoms with Crippen LogP contribution in [0.4, 0.5) is 11.4 Å². The van der Waals surface area contributed by atoms with E-state index >= 15 is 0 Å². The third-order valence-electron chi connectivity index (χ3n) is 7.48. The van der Waals surface area contributed by atoms with Crippen LogP contribution in [0.5, 0.6) is 0 Å². The maximum absolute atomic E-state index is 13.2. The van der Waals surface area contributed by atoms with Crippen LogP contribution in [-0.4, -0.2) is 17.7 Å². The molecule has 1 saturated carbocycles. The number of anilines is 2. The number of aryl methyl sites for hydroxylation is 2. The van der Waals surface area contributed by atoms with Crippen molar-refractivity contribution in [3.8, 4) is 0 Å². The Morgan fingerprint density at radius 3 is 2.34 bits per heavy atom. The normalized spacial score (nSPS) is 25.8. The Morgan fingerprint density at radius 1 is 1.00 bits per heavy atom. The number of rotatable bonds is 5. The summed E-state index contributed by atoms with van der Waals surface area (Å²) in [6.45, 7) is 6.19. The first-order valence-electron chi connectivity index (χ1n) is 11.5. The highest BCUT2D eigenvalue weighted by Crippen LogP contribution is 2.55. The van der Waals surface area contributed by atoms with E-state index in [1.54, 1.807) is 24.3 Å². The third-order valence-corrected chi connectivity index (χ3v) is 7.48. The van der Waals surface area contributed by atoms with Gasteiger partial charge in [-0.3, -0.25) is 14.4 Å². The van der Waals surface area contributed by atoms with E-state index < -0.39 is 0 Å². The molecule has 3 aliphatic rings. The van der Waals surface area contributed by atoms with E-state index in [4.69, 9.17) is 0 Å². The van der Waals surface area contributed by atoms with E-state index in [1.165, 1.54) is 10.5 Å². The molecule has 2 fully saturated rings. The van der Waals surface area contributed by atoms with E-state index in [9.17, 15) is 14.4 Å². The maximum Gasteiger partial charge on any atom is 0.255 e. The first kappa shape index (κ1) is 20.7. The summed E-state index contributed by atoms with van der Waals surface area (Å²) in [6, 6.07) is 12.9. The fourth-order valence-electron chi connectivity index (χ4n) is 5.90. The number of nitrogens with one attached hydrogen (secondary N) is 1. The molecule has 1 heterocycles. The fourth-order valence-corrected chi connectivity index (χ4v) is 5.90. The van der Waals surface area contributed by atoms with Crippen LogP contribution in [0.25, 0.3) is 0 Å². The monoisotopic (exact) mass is 428 g/mol. The topological polar surface area (TPSA) is 66.5 Å². The van der Waals surface area contributed by atoms with Gasteiger partial charge in [0.2, 0.25) is 11.8 Å². The quantitative estimate of drug-likeness (QED) is 0.551. The molecule has 32 heavy (non-hydrogen) atoms. The molecular formula is C27H28N2O3. The van der Waals surface area contributed by atoms with Crippen LogP contribution in [0.3, 0.4) is 0 Å². The molecule has 5 heteroatoms. The number of imide groups is 1. The van der Waals surface area contributed by atoms with Gasteiger partial charge in [-0.1, -0.05) is 49.8 Å². The summed E-state index contributed by atoms with van der Waals surface area (Å²) >= 11 is 0. The molecule has 4 atom stereocenters. The van der Waals surface area contributed by atoms with Crippen molar-refractivity contribution in [2.45, 2.75) is 40.0 Å². The SMILES string of the molecule is CCc1cccc(CC)c1NC(=O)c1cccc(N2C(=O)[C@@H]3[C@@H](C2=O)[C@@H]2C[C@H]3C=C2C)c1. The number of benzene rings is 2. The zero-order chi connectivity index (χ0) is 22.6. The minimum atomic E-state index is -0.253. The Morgan fingerprint density at radius 2 is 1.66 bits per heavy atom. The van der Waals surface area contributed by atoms with E-state index in [1.807, 2.05) is 18.2 Å². The lowest BCUT2D eigenvalue weighted by Crippen LogP contribution is -2.33. The molecule has 5 rings (SSSR count). The first-order chi connectivity index (χ1) is 15.4. The van der Waals surface area contributed by atoms with Crippen molar-refractivity contribution >= 4 is 29.1 Å². The lowest BCUT2D eigenvalue weighted by atomic mass is 9.82. The largest absolute Gasteiger partial charge is 0.321 e. The van der Waals surface area contributed by atoms with Gasteiger partial charge < -0.3 is 5.32 Å². The molecule has 2 aromatic carbocycles. The van der Waals surface area contributed by atoms with Gasteiger partial charge in [-0.2, -0.15) is 0 Å². The van der Waals surface area contributed by atoms with Crippen molar-refractivity contribution in [2.24, 2.45) is 23.7 Å². The van der Waals surface area contributed by atoms with Crippen LogP contribution in [0.2, 0.25) is 0 Å². The number of amides is 3. The summed E-state index contributed by atoms with van der Waals surface area (Å²) in [5, 5.41) is 3.07. The van der Waals surface area contributed by atoms with Crippen LogP contribution in [0.15, 0.2) is 54.1 Å². The van der Waals surface area contributed by atoms with E-state index in [2.05, 4.69) is 32.2 Å². The zero-order valence-electron chi connectivity index (χ0n) is 18.7. The van der Waals surface area contributed by atoms with Crippen LogP contribution in [-0.2, 0) is 22.4 Å². The first-order valence-corrected chi connectivity index (χ1v) is 11.5. The molecule has 0 unspecified atom stereocenters. The number of para-hydroxylation sites is 1. The van der Waals surface area contributed by atoms with Gasteiger partial charge in [-0.15, -0.1) is 0 Å². The second kappa shape index (κ2) is 7.73. The number of hydrogen-bond donors (Lipinski definition) is 1. The van der Waals surface area contributed by atoms with Crippen molar-refractivity contribution in [1.82, 2.24) is 0 Å². The summed E-state index contributed by atoms with van der Waals surface area (Å²) in [4.78, 5) is 40.9. The average Bonchev–Trinajstić information content (AvgIpc) is 3.44. The molecule has 3 amide bonds. The number of carbonyl (C=O) groups is 3. The zero-order valence-corrected chi connectivity index (χ0v) is 18.7. The Kier molecular flexibility index (Phi) is 5.00. The van der Waals surface area contributed by atoms with Crippen molar-refractivity contribution in [3.63, 3.8) is 0 Å². The average molecular weight is 429 g/mol. The van der Waals surface area contributed by atoms with Crippen molar-refractivity contribution < 1.29 is 14.4 Å². The van der Waals surface area contributed by atoms with Crippen molar-refractivity contribution in [1.29, 1.82) is 0 Å². The van der Waals surface area contributed by atoms with Gasteiger partial charge in [-0.05, 0) is 67.3 Å². The Bertz CT molecular complexity index is 1140. The van der Waals surface area contributed by atoms with Crippen LogP contribution >= 0.6 is 0 Å². The van der Waals surface area contributed by atoms with Gasteiger partial charge in [0.1, 0.15) is 0 Å². The van der Waals surface area contributed by atoms with Gasteiger partial charge in [0.15, 0.2) is 0 Å². The minimum Gasteiger partial charge on any atom is -0.321 e. The fraction of sp³-hybridized carbons (Fsp3) is 0.370. The molecule has 0 spiro atoms. The second-order valence-electron chi connectivity index (χ2n) is 9.14. The van der Waals surface area contributed by atoms with Gasteiger partial charge in [0.05, 0.1) is 17.5 Å². The maximum atomic E-state index is 13.2. The molecule has 5 nitrogen and oxygen atoms in total. The standard InChI is InChI=1S/C27H28N2O3/c1-4-16-8-6-9-17(5-2)24(16)28-25(30)18-10-7-11-20(13-18)29-26(31)22-19-12-15(3)21(14-19)23(22)27(29)32/h6-13,19,21-23H,4-5,14H2,1-3H3,(H,28,30)/t19-,21-,22+,23+/m1/s1. The summed E-state index contributed by atoms with van der Waals surface area (Å²) < 4.78 is 0. The highest BCUT2D eigenvalue weighted by atomic mass is 16.2. The molecular weight excluding hydrogens is 400 g/mol. The Hall–Kier alpha value is -3.21. The van der Waals surface area contributed by atoms with E-state index in [-0.39, 0.29) is 41.4 Å². The lowest BCUT2D eigenvalue weighted by Gasteiger charge is -2.19. The lowest BCUT2D eigenvalue weighted by molar-refractivity contribution is -0.123. The van der Waals surface area contributed by atoms with Gasteiger partial charge in [0.25, 0.3) is 5.91 Å². The highest BCUT2D eigenvalue weighted by molar-refractivity contribution is 6.23. The molecule has 2 aliphatic carbocycles. The summed E-state index contributed by atoms with van der Waals surface area (Å²) in [7, 11) is 0. The molecule has 0 aromatic heterocycles. The second-order valence-corrected chi connectivity index (χ2v) is 9.14. The number of hydrogen-bond acceptors (Lipinski definition) is 3. The molecule has 1 aliphatic heterocycles. The molecule has 1 N–H and O–H groups in total. The summed E-state index contributed by atoms with van der Waals surface area (Å²) in [5.74, 6) is -0.650. The van der Waals surface area contributed by atoms with Gasteiger partial charge >= 0.3 is 0 Å². The highest BCUT2D eigenvalue weighted by Gasteiger charge is 2.60. The number of allylic oxidation sites excluding steroid dienone is 2. The van der Waals surface area contributed by atoms with Gasteiger partial charge in [-0.25, -0.2) is 4.90 Å². The predicted molar refractivity (Wildman–Crippen MR) is 124 cm³/mol. The minimum absolute atomic E-state index is 0.123.